The molecule has 1 nitrogen and oxygen atoms in total. The molecule has 0 aromatic carbocycles. The maximum absolute atomic E-state index is 10.5. The molecule has 0 aromatic heterocycles. The van der Waals surface area contributed by atoms with Crippen molar-refractivity contribution in [1.82, 2.24) is 0 Å². The number of rotatable bonds is 2. The van der Waals surface area contributed by atoms with Gasteiger partial charge in [0.05, 0.1) is 0 Å². The molecule has 0 atom stereocenters. The number of hydrogen-bond donors (Lipinski definition) is 0. The van der Waals surface area contributed by atoms with E-state index in [2.05, 4.69) is 0 Å². The second-order valence-corrected chi connectivity index (χ2v) is 2.32. The molecule has 10 heavy (non-hydrogen) atoms. The molecule has 0 unspecified atom stereocenters. The van der Waals surface area contributed by atoms with Gasteiger partial charge in [0.2, 0.25) is 0 Å². The number of allylic oxidation sites excluding steroid dienone is 6. The highest BCUT2D eigenvalue weighted by molar-refractivity contribution is 5.87. The Balaban J connectivity index is 2.46. The number of ketones is 1. The van der Waals surface area contributed by atoms with Gasteiger partial charge in [0.25, 0.3) is 0 Å². The molecular formula is C9H10O. The molecule has 0 amide bonds. The summed E-state index contributed by atoms with van der Waals surface area (Å²) >= 11 is 0. The van der Waals surface area contributed by atoms with Crippen molar-refractivity contribution in [3.05, 3.63) is 36.5 Å². The van der Waals surface area contributed by atoms with Crippen LogP contribution in [0.25, 0.3) is 0 Å². The standard InChI is InChI=1S/C9H10O/c1-8(10)6-7-9-4-2-3-5-9/h2-7,9H,1H3/b7-6+. The van der Waals surface area contributed by atoms with Gasteiger partial charge in [-0.05, 0) is 13.0 Å². The molecule has 0 bridgehead atoms. The van der Waals surface area contributed by atoms with Gasteiger partial charge in [0, 0.05) is 5.92 Å². The van der Waals surface area contributed by atoms with E-state index in [1.54, 1.807) is 13.0 Å². The predicted molar refractivity (Wildman–Crippen MR) is 41.6 cm³/mol. The molecule has 0 saturated heterocycles. The molecule has 1 aliphatic rings. The average molecular weight is 134 g/mol. The topological polar surface area (TPSA) is 17.1 Å². The summed E-state index contributed by atoms with van der Waals surface area (Å²) < 4.78 is 0. The van der Waals surface area contributed by atoms with Crippen molar-refractivity contribution in [2.75, 3.05) is 0 Å². The number of carbonyl (C=O) groups is 1. The molecule has 1 aliphatic carbocycles. The van der Waals surface area contributed by atoms with Crippen molar-refractivity contribution in [3.8, 4) is 0 Å². The summed E-state index contributed by atoms with van der Waals surface area (Å²) in [5.41, 5.74) is 0. The molecule has 1 rings (SSSR count). The molecule has 0 N–H and O–H groups in total. The first kappa shape index (κ1) is 7.00. The van der Waals surface area contributed by atoms with Crippen LogP contribution in [0.5, 0.6) is 0 Å². The Kier molecular flexibility index (Phi) is 2.21. The highest BCUT2D eigenvalue weighted by Gasteiger charge is 1.96. The minimum Gasteiger partial charge on any atom is -0.295 e. The molecule has 0 heterocycles. The molecule has 0 radical (unpaired) electrons. The quantitative estimate of drug-likeness (QED) is 0.527. The van der Waals surface area contributed by atoms with E-state index in [9.17, 15) is 4.79 Å². The minimum atomic E-state index is 0.105. The Bertz CT molecular complexity index is 197. The summed E-state index contributed by atoms with van der Waals surface area (Å²) in [5.74, 6) is 0.442. The first-order valence-electron chi connectivity index (χ1n) is 3.33. The summed E-state index contributed by atoms with van der Waals surface area (Å²) in [5, 5.41) is 0. The zero-order chi connectivity index (χ0) is 7.40. The van der Waals surface area contributed by atoms with Crippen molar-refractivity contribution in [1.29, 1.82) is 0 Å². The largest absolute Gasteiger partial charge is 0.295 e. The van der Waals surface area contributed by atoms with Gasteiger partial charge in [0.15, 0.2) is 5.78 Å². The van der Waals surface area contributed by atoms with Crippen LogP contribution in [0.1, 0.15) is 6.92 Å². The van der Waals surface area contributed by atoms with Gasteiger partial charge in [0.1, 0.15) is 0 Å². The van der Waals surface area contributed by atoms with E-state index in [-0.39, 0.29) is 5.78 Å². The smallest absolute Gasteiger partial charge is 0.152 e. The van der Waals surface area contributed by atoms with E-state index in [0.29, 0.717) is 5.92 Å². The fourth-order valence-electron chi connectivity index (χ4n) is 0.824. The highest BCUT2D eigenvalue weighted by Crippen LogP contribution is 2.09. The normalized spacial score (nSPS) is 17.3. The lowest BCUT2D eigenvalue weighted by atomic mass is 10.1. The van der Waals surface area contributed by atoms with Gasteiger partial charge in [-0.25, -0.2) is 0 Å². The maximum Gasteiger partial charge on any atom is 0.152 e. The van der Waals surface area contributed by atoms with Gasteiger partial charge in [-0.1, -0.05) is 30.4 Å². The van der Waals surface area contributed by atoms with Gasteiger partial charge < -0.3 is 0 Å². The highest BCUT2D eigenvalue weighted by atomic mass is 16.1. The van der Waals surface area contributed by atoms with E-state index in [1.165, 1.54) is 0 Å². The van der Waals surface area contributed by atoms with Crippen molar-refractivity contribution < 1.29 is 4.79 Å². The molecule has 1 heteroatoms. The van der Waals surface area contributed by atoms with Crippen LogP contribution in [0.2, 0.25) is 0 Å². The Morgan fingerprint density at radius 2 is 2.00 bits per heavy atom. The van der Waals surface area contributed by atoms with Gasteiger partial charge >= 0.3 is 0 Å². The van der Waals surface area contributed by atoms with Crippen LogP contribution in [0.15, 0.2) is 36.5 Å². The third kappa shape index (κ3) is 2.02. The molecule has 0 fully saturated rings. The second-order valence-electron chi connectivity index (χ2n) is 2.32. The van der Waals surface area contributed by atoms with E-state index in [1.807, 2.05) is 30.4 Å². The van der Waals surface area contributed by atoms with Crippen LogP contribution in [-0.2, 0) is 4.79 Å². The molecule has 52 valence electrons. The maximum atomic E-state index is 10.5. The SMILES string of the molecule is CC(=O)/C=C/C1C=CC=C1. The average Bonchev–Trinajstić information content (AvgIpc) is 2.34. The van der Waals surface area contributed by atoms with Gasteiger partial charge in [-0.3, -0.25) is 4.79 Å². The van der Waals surface area contributed by atoms with Crippen molar-refractivity contribution in [2.45, 2.75) is 6.92 Å². The summed E-state index contributed by atoms with van der Waals surface area (Å²) in [6.07, 6.45) is 11.5. The number of carbonyl (C=O) groups excluding carboxylic acids is 1. The second kappa shape index (κ2) is 3.16. The van der Waals surface area contributed by atoms with Crippen molar-refractivity contribution in [2.24, 2.45) is 5.92 Å². The fraction of sp³-hybridized carbons (Fsp3) is 0.222. The Morgan fingerprint density at radius 3 is 2.50 bits per heavy atom. The Labute approximate surface area is 60.7 Å². The molecule has 0 spiro atoms. The van der Waals surface area contributed by atoms with Crippen molar-refractivity contribution in [3.63, 3.8) is 0 Å². The Morgan fingerprint density at radius 1 is 1.40 bits per heavy atom. The lowest BCUT2D eigenvalue weighted by molar-refractivity contribution is -0.112. The first-order valence-corrected chi connectivity index (χ1v) is 3.33. The van der Waals surface area contributed by atoms with E-state index in [4.69, 9.17) is 0 Å². The van der Waals surface area contributed by atoms with E-state index >= 15 is 0 Å². The summed E-state index contributed by atoms with van der Waals surface area (Å²) in [6, 6.07) is 0. The van der Waals surface area contributed by atoms with Crippen LogP contribution in [0, 0.1) is 5.92 Å². The van der Waals surface area contributed by atoms with Gasteiger partial charge in [-0.15, -0.1) is 0 Å². The Hall–Kier alpha value is -1.11. The molecule has 0 aromatic rings. The van der Waals surface area contributed by atoms with E-state index in [0.717, 1.165) is 0 Å². The van der Waals surface area contributed by atoms with E-state index < -0.39 is 0 Å². The van der Waals surface area contributed by atoms with Crippen LogP contribution >= 0.6 is 0 Å². The summed E-state index contributed by atoms with van der Waals surface area (Å²) in [6.45, 7) is 1.55. The fourth-order valence-corrected chi connectivity index (χ4v) is 0.824. The van der Waals surface area contributed by atoms with Gasteiger partial charge in [-0.2, -0.15) is 0 Å². The summed E-state index contributed by atoms with van der Waals surface area (Å²) in [7, 11) is 0. The lowest BCUT2D eigenvalue weighted by Gasteiger charge is -1.91. The molecule has 0 saturated carbocycles. The summed E-state index contributed by atoms with van der Waals surface area (Å²) in [4.78, 5) is 10.5. The molecule has 0 aliphatic heterocycles. The van der Waals surface area contributed by atoms with Crippen LogP contribution < -0.4 is 0 Å². The zero-order valence-corrected chi connectivity index (χ0v) is 5.95. The first-order chi connectivity index (χ1) is 4.79. The third-order valence-electron chi connectivity index (χ3n) is 1.33. The van der Waals surface area contributed by atoms with Crippen LogP contribution in [0.3, 0.4) is 0 Å². The van der Waals surface area contributed by atoms with Crippen LogP contribution in [-0.4, -0.2) is 5.78 Å². The molecular weight excluding hydrogens is 124 g/mol. The minimum absolute atomic E-state index is 0.105. The predicted octanol–water partition coefficient (Wildman–Crippen LogP) is 1.87. The zero-order valence-electron chi connectivity index (χ0n) is 5.95. The number of hydrogen-bond acceptors (Lipinski definition) is 1. The van der Waals surface area contributed by atoms with Crippen molar-refractivity contribution >= 4 is 5.78 Å². The third-order valence-corrected chi connectivity index (χ3v) is 1.33. The lowest BCUT2D eigenvalue weighted by Crippen LogP contribution is -1.85. The monoisotopic (exact) mass is 134 g/mol. The van der Waals surface area contributed by atoms with Crippen LogP contribution in [0.4, 0.5) is 0 Å².